The van der Waals surface area contributed by atoms with Crippen molar-refractivity contribution in [2.75, 3.05) is 0 Å². The van der Waals surface area contributed by atoms with E-state index in [0.29, 0.717) is 11.1 Å². The molecule has 2 nitrogen and oxygen atoms in total. The fourth-order valence-corrected chi connectivity index (χ4v) is 2.86. The summed E-state index contributed by atoms with van der Waals surface area (Å²) in [6, 6.07) is 6.88. The van der Waals surface area contributed by atoms with Gasteiger partial charge in [-0.15, -0.1) is 0 Å². The minimum Gasteiger partial charge on any atom is -0.264 e. The van der Waals surface area contributed by atoms with E-state index in [1.54, 1.807) is 12.3 Å². The Kier molecular flexibility index (Phi) is 5.65. The third-order valence-electron chi connectivity index (χ3n) is 4.24. The van der Waals surface area contributed by atoms with Crippen LogP contribution in [-0.2, 0) is 0 Å². The molecule has 0 spiro atoms. The first kappa shape index (κ1) is 17.6. The highest BCUT2D eigenvalue weighted by molar-refractivity contribution is 5.85. The summed E-state index contributed by atoms with van der Waals surface area (Å²) in [6.45, 7) is 11.4. The molecule has 0 heterocycles. The lowest BCUT2D eigenvalue weighted by atomic mass is 9.95. The van der Waals surface area contributed by atoms with Gasteiger partial charge >= 0.3 is 0 Å². The molecule has 0 aromatic heterocycles. The van der Waals surface area contributed by atoms with Gasteiger partial charge in [0.15, 0.2) is 0 Å². The van der Waals surface area contributed by atoms with Crippen molar-refractivity contribution >= 4 is 11.8 Å². The van der Waals surface area contributed by atoms with E-state index in [2.05, 4.69) is 18.2 Å². The number of rotatable bonds is 5. The molecule has 3 heteroatoms. The first-order valence-electron chi connectivity index (χ1n) is 7.91. The lowest BCUT2D eigenvalue weighted by Gasteiger charge is -2.11. The van der Waals surface area contributed by atoms with Crippen LogP contribution in [0.25, 0.3) is 5.57 Å². The quantitative estimate of drug-likeness (QED) is 0.390. The van der Waals surface area contributed by atoms with Gasteiger partial charge in [0.1, 0.15) is 5.82 Å². The molecule has 1 aliphatic rings. The van der Waals surface area contributed by atoms with Gasteiger partial charge in [0, 0.05) is 18.0 Å². The van der Waals surface area contributed by atoms with Crippen LogP contribution >= 0.6 is 0 Å². The largest absolute Gasteiger partial charge is 0.264 e. The number of hydrogen-bond donors (Lipinski definition) is 0. The second-order valence-corrected chi connectivity index (χ2v) is 5.98. The van der Waals surface area contributed by atoms with Crippen molar-refractivity contribution in [2.45, 2.75) is 33.1 Å². The molecule has 122 valence electrons. The standard InChI is InChI=1S/C21H21FN2/c1-14-8-9-18(22)10-21(14)20-7-5-6-19(20)17(4)13-24-12-16(3)15(2)11-23/h8-10,12-13H,2-3,5-7H2,1,4H3/b17-13+,24-12?. The molecule has 0 saturated heterocycles. The van der Waals surface area contributed by atoms with E-state index >= 15 is 0 Å². The molecule has 0 unspecified atom stereocenters. The number of hydrogen-bond acceptors (Lipinski definition) is 2. The van der Waals surface area contributed by atoms with Gasteiger partial charge in [-0.2, -0.15) is 5.26 Å². The van der Waals surface area contributed by atoms with Gasteiger partial charge in [-0.25, -0.2) is 4.39 Å². The van der Waals surface area contributed by atoms with Gasteiger partial charge < -0.3 is 0 Å². The molecule has 1 aromatic carbocycles. The molecule has 0 bridgehead atoms. The summed E-state index contributed by atoms with van der Waals surface area (Å²) in [4.78, 5) is 4.25. The number of allylic oxidation sites excluding steroid dienone is 5. The van der Waals surface area contributed by atoms with Crippen LogP contribution in [-0.4, -0.2) is 6.21 Å². The van der Waals surface area contributed by atoms with Gasteiger partial charge in [-0.1, -0.05) is 19.2 Å². The first-order valence-corrected chi connectivity index (χ1v) is 7.91. The SMILES string of the molecule is C=C(C#N)C(=C)C=N/C=C(\C)C1=C(c2cc(F)ccc2C)CCC1. The molecular formula is C21H21FN2. The number of nitrogens with zero attached hydrogens (tertiary/aromatic N) is 2. The van der Waals surface area contributed by atoms with Gasteiger partial charge in [-0.05, 0) is 73.1 Å². The third-order valence-corrected chi connectivity index (χ3v) is 4.24. The summed E-state index contributed by atoms with van der Waals surface area (Å²) in [5, 5.41) is 8.77. The van der Waals surface area contributed by atoms with Gasteiger partial charge in [0.2, 0.25) is 0 Å². The van der Waals surface area contributed by atoms with E-state index in [4.69, 9.17) is 5.26 Å². The van der Waals surface area contributed by atoms with Crippen molar-refractivity contribution in [3.8, 4) is 6.07 Å². The molecule has 2 rings (SSSR count). The van der Waals surface area contributed by atoms with Crippen LogP contribution in [0.15, 0.2) is 64.8 Å². The summed E-state index contributed by atoms with van der Waals surface area (Å²) in [5.41, 5.74) is 6.37. The van der Waals surface area contributed by atoms with E-state index in [9.17, 15) is 4.39 Å². The highest BCUT2D eigenvalue weighted by Gasteiger charge is 2.19. The van der Waals surface area contributed by atoms with Crippen molar-refractivity contribution in [3.05, 3.63) is 76.8 Å². The molecule has 1 aromatic rings. The number of halogens is 1. The Morgan fingerprint density at radius 3 is 2.79 bits per heavy atom. The lowest BCUT2D eigenvalue weighted by molar-refractivity contribution is 0.627. The Balaban J connectivity index is 2.31. The van der Waals surface area contributed by atoms with Crippen molar-refractivity contribution in [1.29, 1.82) is 5.26 Å². The Hall–Kier alpha value is -2.73. The van der Waals surface area contributed by atoms with Crippen LogP contribution < -0.4 is 0 Å². The van der Waals surface area contributed by atoms with E-state index in [0.717, 1.165) is 36.0 Å². The van der Waals surface area contributed by atoms with Gasteiger partial charge in [0.05, 0.1) is 11.6 Å². The van der Waals surface area contributed by atoms with Gasteiger partial charge in [-0.3, -0.25) is 4.99 Å². The summed E-state index contributed by atoms with van der Waals surface area (Å²) in [5.74, 6) is -0.208. The Labute approximate surface area is 143 Å². The van der Waals surface area contributed by atoms with Gasteiger partial charge in [0.25, 0.3) is 0 Å². The number of aryl methyl sites for hydroxylation is 1. The summed E-state index contributed by atoms with van der Waals surface area (Å²) in [7, 11) is 0. The summed E-state index contributed by atoms with van der Waals surface area (Å²) >= 11 is 0. The molecule has 0 aliphatic heterocycles. The maximum atomic E-state index is 13.6. The van der Waals surface area contributed by atoms with E-state index in [1.807, 2.05) is 26.0 Å². The summed E-state index contributed by atoms with van der Waals surface area (Å²) in [6.07, 6.45) is 6.29. The fourth-order valence-electron chi connectivity index (χ4n) is 2.86. The zero-order chi connectivity index (χ0) is 17.7. The highest BCUT2D eigenvalue weighted by atomic mass is 19.1. The monoisotopic (exact) mass is 320 g/mol. The second-order valence-electron chi connectivity index (χ2n) is 5.98. The molecular weight excluding hydrogens is 299 g/mol. The lowest BCUT2D eigenvalue weighted by Crippen LogP contribution is -1.92. The molecule has 0 amide bonds. The third kappa shape index (κ3) is 3.97. The van der Waals surface area contributed by atoms with Crippen LogP contribution in [0.1, 0.15) is 37.3 Å². The molecule has 0 saturated carbocycles. The second kappa shape index (κ2) is 7.70. The van der Waals surface area contributed by atoms with Crippen molar-refractivity contribution in [1.82, 2.24) is 0 Å². The average molecular weight is 320 g/mol. The summed E-state index contributed by atoms with van der Waals surface area (Å²) < 4.78 is 13.6. The predicted octanol–water partition coefficient (Wildman–Crippen LogP) is 5.68. The molecule has 0 N–H and O–H groups in total. The zero-order valence-electron chi connectivity index (χ0n) is 14.2. The Morgan fingerprint density at radius 1 is 1.33 bits per heavy atom. The van der Waals surface area contributed by atoms with E-state index in [1.165, 1.54) is 23.4 Å². The van der Waals surface area contributed by atoms with E-state index in [-0.39, 0.29) is 5.82 Å². The minimum atomic E-state index is -0.208. The van der Waals surface area contributed by atoms with Crippen molar-refractivity contribution in [3.63, 3.8) is 0 Å². The maximum Gasteiger partial charge on any atom is 0.123 e. The fraction of sp³-hybridized carbons (Fsp3) is 0.238. The number of nitriles is 1. The molecule has 0 atom stereocenters. The predicted molar refractivity (Wildman–Crippen MR) is 98.1 cm³/mol. The van der Waals surface area contributed by atoms with Crippen LogP contribution in [0, 0.1) is 24.1 Å². The number of benzene rings is 1. The average Bonchev–Trinajstić information content (AvgIpc) is 3.05. The van der Waals surface area contributed by atoms with Crippen LogP contribution in [0.5, 0.6) is 0 Å². The number of aliphatic imine (C=N–C) groups is 1. The molecule has 1 aliphatic carbocycles. The Morgan fingerprint density at radius 2 is 2.08 bits per heavy atom. The molecule has 0 fully saturated rings. The van der Waals surface area contributed by atoms with Crippen LogP contribution in [0.3, 0.4) is 0 Å². The topological polar surface area (TPSA) is 36.1 Å². The van der Waals surface area contributed by atoms with Crippen LogP contribution in [0.2, 0.25) is 0 Å². The van der Waals surface area contributed by atoms with Crippen molar-refractivity contribution in [2.24, 2.45) is 4.99 Å². The van der Waals surface area contributed by atoms with Crippen molar-refractivity contribution < 1.29 is 4.39 Å². The minimum absolute atomic E-state index is 0.208. The maximum absolute atomic E-state index is 13.6. The Bertz CT molecular complexity index is 817. The normalized spacial score (nSPS) is 15.0. The zero-order valence-corrected chi connectivity index (χ0v) is 14.2. The molecule has 24 heavy (non-hydrogen) atoms. The molecule has 0 radical (unpaired) electrons. The highest BCUT2D eigenvalue weighted by Crippen LogP contribution is 2.38. The van der Waals surface area contributed by atoms with E-state index < -0.39 is 0 Å². The smallest absolute Gasteiger partial charge is 0.123 e. The van der Waals surface area contributed by atoms with Crippen LogP contribution in [0.4, 0.5) is 4.39 Å². The first-order chi connectivity index (χ1) is 11.4.